The summed E-state index contributed by atoms with van der Waals surface area (Å²) in [7, 11) is 0. The van der Waals surface area contributed by atoms with Gasteiger partial charge in [-0.2, -0.15) is 4.98 Å². The van der Waals surface area contributed by atoms with E-state index in [9.17, 15) is 0 Å². The summed E-state index contributed by atoms with van der Waals surface area (Å²) in [6.45, 7) is 1.93. The second kappa shape index (κ2) is 3.99. The fraction of sp³-hybridized carbons (Fsp3) is 0.0833. The number of nitrogens with one attached hydrogen (secondary N) is 1. The molecule has 0 saturated heterocycles. The van der Waals surface area contributed by atoms with Gasteiger partial charge in [-0.1, -0.05) is 17.3 Å². The van der Waals surface area contributed by atoms with Crippen molar-refractivity contribution in [2.24, 2.45) is 0 Å². The minimum atomic E-state index is 0.391. The molecule has 0 radical (unpaired) electrons. The van der Waals surface area contributed by atoms with Gasteiger partial charge >= 0.3 is 0 Å². The molecule has 0 fully saturated rings. The van der Waals surface area contributed by atoms with E-state index in [0.29, 0.717) is 23.2 Å². The van der Waals surface area contributed by atoms with Crippen molar-refractivity contribution in [1.82, 2.24) is 20.1 Å². The first-order valence-electron chi connectivity index (χ1n) is 5.44. The Bertz CT molecular complexity index is 672. The number of hydrogen-bond acceptors (Lipinski definition) is 5. The number of imidazole rings is 1. The number of hydrogen-bond donors (Lipinski definition) is 2. The van der Waals surface area contributed by atoms with Crippen molar-refractivity contribution in [2.75, 3.05) is 5.73 Å². The lowest BCUT2D eigenvalue weighted by Gasteiger charge is -2.02. The molecule has 2 heterocycles. The lowest BCUT2D eigenvalue weighted by atomic mass is 10.1. The molecule has 6 heteroatoms. The van der Waals surface area contributed by atoms with Crippen LogP contribution < -0.4 is 5.73 Å². The largest absolute Gasteiger partial charge is 0.398 e. The summed E-state index contributed by atoms with van der Waals surface area (Å²) in [6.07, 6.45) is 3.33. The monoisotopic (exact) mass is 241 g/mol. The van der Waals surface area contributed by atoms with Crippen LogP contribution in [0.1, 0.15) is 5.56 Å². The Morgan fingerprint density at radius 2 is 2.22 bits per heavy atom. The highest BCUT2D eigenvalue weighted by molar-refractivity contribution is 5.73. The summed E-state index contributed by atoms with van der Waals surface area (Å²) in [4.78, 5) is 11.3. The number of anilines is 1. The average Bonchev–Trinajstić information content (AvgIpc) is 3.01. The predicted octanol–water partition coefficient (Wildman–Crippen LogP) is 2.02. The van der Waals surface area contributed by atoms with Gasteiger partial charge in [0.2, 0.25) is 5.82 Å². The van der Waals surface area contributed by atoms with Gasteiger partial charge in [0, 0.05) is 18.1 Å². The van der Waals surface area contributed by atoms with Crippen molar-refractivity contribution in [2.45, 2.75) is 6.92 Å². The van der Waals surface area contributed by atoms with Crippen molar-refractivity contribution in [3.05, 3.63) is 36.2 Å². The van der Waals surface area contributed by atoms with E-state index in [-0.39, 0.29) is 0 Å². The highest BCUT2D eigenvalue weighted by atomic mass is 16.5. The standard InChI is InChI=1S/C12H11N5O/c1-7-3-2-4-8(9(7)13)12-16-11(17-18-12)10-14-5-6-15-10/h2-6H,13H2,1H3,(H,14,15). The third kappa shape index (κ3) is 1.64. The SMILES string of the molecule is Cc1cccc(-c2nc(-c3ncc[nH]3)no2)c1N. The Morgan fingerprint density at radius 3 is 3.00 bits per heavy atom. The number of aryl methyl sites for hydroxylation is 1. The zero-order valence-corrected chi connectivity index (χ0v) is 9.71. The highest BCUT2D eigenvalue weighted by Crippen LogP contribution is 2.27. The van der Waals surface area contributed by atoms with Gasteiger partial charge in [0.15, 0.2) is 5.82 Å². The molecule has 1 aromatic carbocycles. The first kappa shape index (κ1) is 10.5. The van der Waals surface area contributed by atoms with Crippen LogP contribution in [-0.2, 0) is 0 Å². The number of rotatable bonds is 2. The van der Waals surface area contributed by atoms with Crippen LogP contribution in [0, 0.1) is 6.92 Å². The maximum atomic E-state index is 5.99. The minimum Gasteiger partial charge on any atom is -0.398 e. The van der Waals surface area contributed by atoms with Gasteiger partial charge in [-0.25, -0.2) is 4.98 Å². The van der Waals surface area contributed by atoms with Gasteiger partial charge in [-0.05, 0) is 18.6 Å². The molecule has 0 saturated carbocycles. The van der Waals surface area contributed by atoms with Crippen molar-refractivity contribution in [1.29, 1.82) is 0 Å². The Morgan fingerprint density at radius 1 is 1.33 bits per heavy atom. The summed E-state index contributed by atoms with van der Waals surface area (Å²) in [6, 6.07) is 5.68. The van der Waals surface area contributed by atoms with Crippen LogP contribution in [0.4, 0.5) is 5.69 Å². The van der Waals surface area contributed by atoms with E-state index in [1.54, 1.807) is 12.4 Å². The Balaban J connectivity index is 2.06. The van der Waals surface area contributed by atoms with E-state index in [1.807, 2.05) is 25.1 Å². The number of nitrogens with two attached hydrogens (primary N) is 1. The molecule has 0 spiro atoms. The van der Waals surface area contributed by atoms with E-state index in [1.165, 1.54) is 0 Å². The third-order valence-electron chi connectivity index (χ3n) is 2.69. The molecule has 0 aliphatic heterocycles. The van der Waals surface area contributed by atoms with Gasteiger partial charge in [0.25, 0.3) is 5.89 Å². The third-order valence-corrected chi connectivity index (χ3v) is 2.69. The molecule has 0 unspecified atom stereocenters. The van der Waals surface area contributed by atoms with Gasteiger partial charge in [-0.3, -0.25) is 0 Å². The number of H-pyrrole nitrogens is 1. The van der Waals surface area contributed by atoms with Crippen LogP contribution in [0.2, 0.25) is 0 Å². The maximum absolute atomic E-state index is 5.99. The van der Waals surface area contributed by atoms with Crippen molar-refractivity contribution >= 4 is 5.69 Å². The quantitative estimate of drug-likeness (QED) is 0.669. The number of aromatic amines is 1. The summed E-state index contributed by atoms with van der Waals surface area (Å²) in [5, 5.41) is 3.87. The molecule has 0 bridgehead atoms. The number of para-hydroxylation sites is 1. The lowest BCUT2D eigenvalue weighted by Crippen LogP contribution is -1.93. The molecule has 18 heavy (non-hydrogen) atoms. The van der Waals surface area contributed by atoms with E-state index >= 15 is 0 Å². The molecule has 3 N–H and O–H groups in total. The van der Waals surface area contributed by atoms with Gasteiger partial charge in [0.1, 0.15) is 0 Å². The van der Waals surface area contributed by atoms with Crippen LogP contribution in [0.15, 0.2) is 35.1 Å². The number of nitrogen functional groups attached to an aromatic ring is 1. The summed E-state index contributed by atoms with van der Waals surface area (Å²) in [5.41, 5.74) is 8.35. The molecule has 90 valence electrons. The fourth-order valence-electron chi connectivity index (χ4n) is 1.68. The lowest BCUT2D eigenvalue weighted by molar-refractivity contribution is 0.432. The zero-order chi connectivity index (χ0) is 12.5. The second-order valence-corrected chi connectivity index (χ2v) is 3.90. The van der Waals surface area contributed by atoms with E-state index in [4.69, 9.17) is 10.3 Å². The summed E-state index contributed by atoms with van der Waals surface area (Å²) >= 11 is 0. The molecular formula is C12H11N5O. The topological polar surface area (TPSA) is 93.6 Å². The zero-order valence-electron chi connectivity index (χ0n) is 9.71. The van der Waals surface area contributed by atoms with Crippen LogP contribution in [-0.4, -0.2) is 20.1 Å². The van der Waals surface area contributed by atoms with Gasteiger partial charge in [-0.15, -0.1) is 0 Å². The maximum Gasteiger partial charge on any atom is 0.260 e. The number of nitrogens with zero attached hydrogens (tertiary/aromatic N) is 3. The van der Waals surface area contributed by atoms with Crippen LogP contribution >= 0.6 is 0 Å². The second-order valence-electron chi connectivity index (χ2n) is 3.90. The number of aromatic nitrogens is 4. The molecule has 0 atom stereocenters. The van der Waals surface area contributed by atoms with Crippen LogP contribution in [0.25, 0.3) is 23.1 Å². The Hall–Kier alpha value is -2.63. The van der Waals surface area contributed by atoms with Gasteiger partial charge < -0.3 is 15.2 Å². The molecule has 2 aromatic heterocycles. The Kier molecular flexibility index (Phi) is 2.33. The molecular weight excluding hydrogens is 230 g/mol. The molecule has 0 amide bonds. The first-order valence-corrected chi connectivity index (χ1v) is 5.44. The Labute approximate surface area is 103 Å². The first-order chi connectivity index (χ1) is 8.75. The van der Waals surface area contributed by atoms with Crippen molar-refractivity contribution in [3.8, 4) is 23.1 Å². The predicted molar refractivity (Wildman–Crippen MR) is 66.5 cm³/mol. The number of benzene rings is 1. The van der Waals surface area contributed by atoms with E-state index < -0.39 is 0 Å². The molecule has 3 rings (SSSR count). The molecule has 3 aromatic rings. The van der Waals surface area contributed by atoms with Crippen LogP contribution in [0.5, 0.6) is 0 Å². The smallest absolute Gasteiger partial charge is 0.260 e. The van der Waals surface area contributed by atoms with E-state index in [0.717, 1.165) is 11.1 Å². The summed E-state index contributed by atoms with van der Waals surface area (Å²) in [5.74, 6) is 1.37. The fourth-order valence-corrected chi connectivity index (χ4v) is 1.68. The molecule has 0 aliphatic rings. The summed E-state index contributed by atoms with van der Waals surface area (Å²) < 4.78 is 5.21. The average molecular weight is 241 g/mol. The molecule has 6 nitrogen and oxygen atoms in total. The highest BCUT2D eigenvalue weighted by Gasteiger charge is 2.14. The normalized spacial score (nSPS) is 10.7. The van der Waals surface area contributed by atoms with Crippen molar-refractivity contribution < 1.29 is 4.52 Å². The molecule has 0 aliphatic carbocycles. The minimum absolute atomic E-state index is 0.391. The van der Waals surface area contributed by atoms with Gasteiger partial charge in [0.05, 0.1) is 5.56 Å². The van der Waals surface area contributed by atoms with Crippen LogP contribution in [0.3, 0.4) is 0 Å². The van der Waals surface area contributed by atoms with E-state index in [2.05, 4.69) is 20.1 Å². The van der Waals surface area contributed by atoms with Crippen molar-refractivity contribution in [3.63, 3.8) is 0 Å².